The van der Waals surface area contributed by atoms with Crippen molar-refractivity contribution in [3.63, 3.8) is 0 Å². The number of rotatable bonds is 6. The Kier molecular flexibility index (Phi) is 6.19. The zero-order valence-corrected chi connectivity index (χ0v) is 10.7. The number of allylic oxidation sites excluding steroid dienone is 1. The van der Waals surface area contributed by atoms with Gasteiger partial charge in [0.05, 0.1) is 5.02 Å². The lowest BCUT2D eigenvalue weighted by Gasteiger charge is -2.17. The third-order valence-corrected chi connectivity index (χ3v) is 2.83. The van der Waals surface area contributed by atoms with E-state index in [0.717, 1.165) is 18.5 Å². The van der Waals surface area contributed by atoms with Crippen molar-refractivity contribution in [3.8, 4) is 0 Å². The van der Waals surface area contributed by atoms with Gasteiger partial charge >= 0.3 is 0 Å². The molecule has 0 saturated heterocycles. The van der Waals surface area contributed by atoms with Crippen molar-refractivity contribution in [2.45, 2.75) is 19.4 Å². The van der Waals surface area contributed by atoms with E-state index < -0.39 is 5.82 Å². The van der Waals surface area contributed by atoms with Gasteiger partial charge in [-0.25, -0.2) is 4.39 Å². The summed E-state index contributed by atoms with van der Waals surface area (Å²) in [5.41, 5.74) is 6.50. The monoisotopic (exact) mass is 256 g/mol. The molecule has 0 saturated carbocycles. The number of nitrogens with two attached hydrogens (primary N) is 1. The van der Waals surface area contributed by atoms with E-state index in [2.05, 4.69) is 11.4 Å². The maximum atomic E-state index is 13.3. The molecule has 0 amide bonds. The van der Waals surface area contributed by atoms with Crippen LogP contribution >= 0.6 is 11.6 Å². The second kappa shape index (κ2) is 7.43. The van der Waals surface area contributed by atoms with Crippen LogP contribution in [0.5, 0.6) is 0 Å². The van der Waals surface area contributed by atoms with Crippen LogP contribution in [0.1, 0.15) is 24.9 Å². The number of halogens is 2. The fraction of sp³-hybridized carbons (Fsp3) is 0.385. The molecule has 0 spiro atoms. The minimum absolute atomic E-state index is 0.0352. The normalized spacial score (nSPS) is 13.2. The Morgan fingerprint density at radius 3 is 2.88 bits per heavy atom. The maximum Gasteiger partial charge on any atom is 0.142 e. The summed E-state index contributed by atoms with van der Waals surface area (Å²) in [5, 5.41) is 3.42. The number of hydrogen-bond acceptors (Lipinski definition) is 2. The lowest BCUT2D eigenvalue weighted by Crippen LogP contribution is -2.28. The minimum atomic E-state index is -0.405. The second-order valence-electron chi connectivity index (χ2n) is 3.77. The van der Waals surface area contributed by atoms with Gasteiger partial charge in [0.15, 0.2) is 0 Å². The molecule has 1 rings (SSSR count). The summed E-state index contributed by atoms with van der Waals surface area (Å²) in [5.74, 6) is -0.405. The predicted molar refractivity (Wildman–Crippen MR) is 70.6 cm³/mol. The highest BCUT2D eigenvalue weighted by Gasteiger charge is 2.10. The molecule has 0 heterocycles. The van der Waals surface area contributed by atoms with Gasteiger partial charge < -0.3 is 11.1 Å². The molecule has 0 fully saturated rings. The van der Waals surface area contributed by atoms with E-state index in [1.807, 2.05) is 13.0 Å². The van der Waals surface area contributed by atoms with Crippen LogP contribution in [0.4, 0.5) is 4.39 Å². The lowest BCUT2D eigenvalue weighted by atomic mass is 10.1. The second-order valence-corrected chi connectivity index (χ2v) is 4.18. The van der Waals surface area contributed by atoms with Crippen molar-refractivity contribution >= 4 is 11.6 Å². The van der Waals surface area contributed by atoms with Crippen LogP contribution in [-0.2, 0) is 0 Å². The van der Waals surface area contributed by atoms with Gasteiger partial charge in [-0.1, -0.05) is 29.8 Å². The van der Waals surface area contributed by atoms with Gasteiger partial charge in [0.2, 0.25) is 0 Å². The molecule has 1 aromatic rings. The molecular weight excluding hydrogens is 239 g/mol. The third-order valence-electron chi connectivity index (χ3n) is 2.52. The molecular formula is C13H18ClFN2. The van der Waals surface area contributed by atoms with Gasteiger partial charge in [-0.2, -0.15) is 0 Å². The molecule has 2 nitrogen and oxygen atoms in total. The smallest absolute Gasteiger partial charge is 0.142 e. The quantitative estimate of drug-likeness (QED) is 0.607. The Bertz CT molecular complexity index is 380. The number of hydrogen-bond donors (Lipinski definition) is 2. The Hall–Kier alpha value is -0.900. The largest absolute Gasteiger partial charge is 0.329 e. The average Bonchev–Trinajstić information content (AvgIpc) is 2.33. The van der Waals surface area contributed by atoms with Crippen molar-refractivity contribution in [3.05, 3.63) is 46.8 Å². The summed E-state index contributed by atoms with van der Waals surface area (Å²) in [7, 11) is 0. The maximum absolute atomic E-state index is 13.3. The van der Waals surface area contributed by atoms with Crippen LogP contribution in [0.25, 0.3) is 0 Å². The first-order valence-electron chi connectivity index (χ1n) is 5.68. The van der Waals surface area contributed by atoms with E-state index in [4.69, 9.17) is 17.3 Å². The average molecular weight is 257 g/mol. The lowest BCUT2D eigenvalue weighted by molar-refractivity contribution is 0.542. The van der Waals surface area contributed by atoms with Gasteiger partial charge in [-0.15, -0.1) is 0 Å². The van der Waals surface area contributed by atoms with Crippen molar-refractivity contribution in [2.24, 2.45) is 5.73 Å². The first kappa shape index (κ1) is 14.2. The van der Waals surface area contributed by atoms with Gasteiger partial charge in [0.25, 0.3) is 0 Å². The molecule has 1 unspecified atom stereocenters. The van der Waals surface area contributed by atoms with Gasteiger partial charge in [0.1, 0.15) is 5.82 Å². The highest BCUT2D eigenvalue weighted by molar-refractivity contribution is 6.30. The van der Waals surface area contributed by atoms with E-state index in [0.29, 0.717) is 6.54 Å². The molecule has 4 heteroatoms. The van der Waals surface area contributed by atoms with Crippen molar-refractivity contribution in [1.82, 2.24) is 5.32 Å². The minimum Gasteiger partial charge on any atom is -0.329 e. The van der Waals surface area contributed by atoms with Crippen LogP contribution in [0.15, 0.2) is 30.4 Å². The van der Waals surface area contributed by atoms with Crippen LogP contribution in [0, 0.1) is 5.82 Å². The molecule has 1 aromatic carbocycles. The summed E-state index contributed by atoms with van der Waals surface area (Å²) >= 11 is 5.64. The molecule has 1 atom stereocenters. The zero-order valence-electron chi connectivity index (χ0n) is 9.92. The molecule has 0 aliphatic heterocycles. The Morgan fingerprint density at radius 1 is 1.53 bits per heavy atom. The summed E-state index contributed by atoms with van der Waals surface area (Å²) in [6, 6.07) is 4.75. The highest BCUT2D eigenvalue weighted by Crippen LogP contribution is 2.19. The number of nitrogens with one attached hydrogen (secondary N) is 1. The Balaban J connectivity index is 2.62. The SMILES string of the molecule is C/C=C/CCNC(CN)c1ccc(Cl)c(F)c1. The highest BCUT2D eigenvalue weighted by atomic mass is 35.5. The van der Waals surface area contributed by atoms with Crippen LogP contribution < -0.4 is 11.1 Å². The Labute approximate surface area is 107 Å². The molecule has 94 valence electrons. The van der Waals surface area contributed by atoms with E-state index in [9.17, 15) is 4.39 Å². The summed E-state index contributed by atoms with van der Waals surface area (Å²) in [4.78, 5) is 0. The van der Waals surface area contributed by atoms with Crippen LogP contribution in [0.2, 0.25) is 5.02 Å². The molecule has 3 N–H and O–H groups in total. The standard InChI is InChI=1S/C13H18ClFN2/c1-2-3-4-7-17-13(9-16)10-5-6-11(14)12(15)8-10/h2-3,5-6,8,13,17H,4,7,9,16H2,1H3/b3-2+. The first-order chi connectivity index (χ1) is 8.19. The molecule has 17 heavy (non-hydrogen) atoms. The van der Waals surface area contributed by atoms with Gasteiger partial charge in [-0.3, -0.25) is 0 Å². The van der Waals surface area contributed by atoms with Crippen LogP contribution in [0.3, 0.4) is 0 Å². The fourth-order valence-corrected chi connectivity index (χ4v) is 1.69. The van der Waals surface area contributed by atoms with E-state index in [1.165, 1.54) is 6.07 Å². The summed E-state index contributed by atoms with van der Waals surface area (Å²) < 4.78 is 13.3. The molecule has 0 radical (unpaired) electrons. The molecule has 0 aliphatic rings. The third kappa shape index (κ3) is 4.46. The Morgan fingerprint density at radius 2 is 2.29 bits per heavy atom. The fourth-order valence-electron chi connectivity index (χ4n) is 1.57. The zero-order chi connectivity index (χ0) is 12.7. The van der Waals surface area contributed by atoms with Crippen LogP contribution in [-0.4, -0.2) is 13.1 Å². The molecule has 0 aromatic heterocycles. The van der Waals surface area contributed by atoms with Crippen molar-refractivity contribution in [2.75, 3.05) is 13.1 Å². The first-order valence-corrected chi connectivity index (χ1v) is 6.06. The molecule has 0 aliphatic carbocycles. The predicted octanol–water partition coefficient (Wildman–Crippen LogP) is 3.03. The summed E-state index contributed by atoms with van der Waals surface area (Å²) in [6.07, 6.45) is 5.01. The van der Waals surface area contributed by atoms with E-state index in [1.54, 1.807) is 12.1 Å². The van der Waals surface area contributed by atoms with Crippen molar-refractivity contribution in [1.29, 1.82) is 0 Å². The summed E-state index contributed by atoms with van der Waals surface area (Å²) in [6.45, 7) is 3.22. The van der Waals surface area contributed by atoms with Crippen molar-refractivity contribution < 1.29 is 4.39 Å². The molecule has 0 bridgehead atoms. The van der Waals surface area contributed by atoms with E-state index >= 15 is 0 Å². The number of benzene rings is 1. The topological polar surface area (TPSA) is 38.0 Å². The van der Waals surface area contributed by atoms with Gasteiger partial charge in [-0.05, 0) is 37.6 Å². The van der Waals surface area contributed by atoms with Gasteiger partial charge in [0, 0.05) is 12.6 Å². The van der Waals surface area contributed by atoms with E-state index in [-0.39, 0.29) is 11.1 Å².